The summed E-state index contributed by atoms with van der Waals surface area (Å²) in [6.45, 7) is 0. The molecule has 0 aromatic carbocycles. The zero-order valence-electron chi connectivity index (χ0n) is 11.8. The molecular weight excluding hydrogens is 258 g/mol. The Morgan fingerprint density at radius 1 is 1.40 bits per heavy atom. The fourth-order valence-corrected chi connectivity index (χ4v) is 2.45. The molecule has 0 spiro atoms. The number of hydrogen-bond donors (Lipinski definition) is 3. The van der Waals surface area contributed by atoms with Gasteiger partial charge >= 0.3 is 0 Å². The highest BCUT2D eigenvalue weighted by molar-refractivity contribution is 5.97. The number of amides is 1. The van der Waals surface area contributed by atoms with Gasteiger partial charge in [-0.25, -0.2) is 4.98 Å². The highest BCUT2D eigenvalue weighted by Crippen LogP contribution is 2.23. The Balaban J connectivity index is 2.01. The number of anilines is 2. The molecule has 0 aliphatic heterocycles. The van der Waals surface area contributed by atoms with Gasteiger partial charge in [0.25, 0.3) is 5.91 Å². The van der Waals surface area contributed by atoms with Gasteiger partial charge in [0.1, 0.15) is 5.82 Å². The molecule has 1 aromatic rings. The van der Waals surface area contributed by atoms with E-state index in [1.807, 2.05) is 0 Å². The number of carbonyl (C=O) groups excluding carboxylic acids is 1. The molecule has 1 fully saturated rings. The first-order chi connectivity index (χ1) is 9.63. The van der Waals surface area contributed by atoms with E-state index in [1.165, 1.54) is 6.20 Å². The standard InChI is InChI=1S/C13H21N5O2/c1-15-12-10(11(14)19)7-16-13(18-12)17-8-3-5-9(20-2)6-4-8/h7-9H,3-6H2,1-2H3,(H2,14,19)(H2,15,16,17,18). The van der Waals surface area contributed by atoms with Gasteiger partial charge in [0, 0.05) is 26.4 Å². The smallest absolute Gasteiger partial charge is 0.254 e. The second-order valence-corrected chi connectivity index (χ2v) is 4.92. The first-order valence-electron chi connectivity index (χ1n) is 6.78. The van der Waals surface area contributed by atoms with E-state index in [4.69, 9.17) is 10.5 Å². The fourth-order valence-electron chi connectivity index (χ4n) is 2.45. The summed E-state index contributed by atoms with van der Waals surface area (Å²) in [5.41, 5.74) is 5.55. The Morgan fingerprint density at radius 3 is 2.65 bits per heavy atom. The van der Waals surface area contributed by atoms with E-state index >= 15 is 0 Å². The van der Waals surface area contributed by atoms with Crippen molar-refractivity contribution in [1.29, 1.82) is 0 Å². The van der Waals surface area contributed by atoms with Crippen molar-refractivity contribution in [2.75, 3.05) is 24.8 Å². The Morgan fingerprint density at radius 2 is 2.10 bits per heavy atom. The quantitative estimate of drug-likeness (QED) is 0.742. The van der Waals surface area contributed by atoms with Gasteiger partial charge in [-0.1, -0.05) is 0 Å². The Hall–Kier alpha value is -1.89. The minimum Gasteiger partial charge on any atom is -0.381 e. The molecule has 20 heavy (non-hydrogen) atoms. The zero-order valence-corrected chi connectivity index (χ0v) is 11.8. The summed E-state index contributed by atoms with van der Waals surface area (Å²) >= 11 is 0. The van der Waals surface area contributed by atoms with Crippen molar-refractivity contribution in [1.82, 2.24) is 9.97 Å². The minimum atomic E-state index is -0.540. The monoisotopic (exact) mass is 279 g/mol. The molecule has 1 amide bonds. The molecule has 1 aromatic heterocycles. The normalized spacial score (nSPS) is 22.3. The van der Waals surface area contributed by atoms with Crippen molar-refractivity contribution in [2.24, 2.45) is 5.73 Å². The van der Waals surface area contributed by atoms with E-state index in [0.717, 1.165) is 25.7 Å². The third-order valence-corrected chi connectivity index (χ3v) is 3.63. The lowest BCUT2D eigenvalue weighted by Crippen LogP contribution is -2.30. The number of nitrogens with two attached hydrogens (primary N) is 1. The first-order valence-corrected chi connectivity index (χ1v) is 6.78. The van der Waals surface area contributed by atoms with Crippen LogP contribution in [0.1, 0.15) is 36.0 Å². The van der Waals surface area contributed by atoms with Crippen molar-refractivity contribution < 1.29 is 9.53 Å². The Kier molecular flexibility index (Phi) is 4.73. The van der Waals surface area contributed by atoms with Gasteiger partial charge in [0.15, 0.2) is 0 Å². The molecule has 1 heterocycles. The maximum absolute atomic E-state index is 11.2. The van der Waals surface area contributed by atoms with Crippen molar-refractivity contribution in [3.05, 3.63) is 11.8 Å². The zero-order chi connectivity index (χ0) is 14.5. The molecular formula is C13H21N5O2. The molecule has 2 rings (SSSR count). The number of aromatic nitrogens is 2. The summed E-state index contributed by atoms with van der Waals surface area (Å²) in [6.07, 6.45) is 5.92. The highest BCUT2D eigenvalue weighted by Gasteiger charge is 2.21. The lowest BCUT2D eigenvalue weighted by Gasteiger charge is -2.28. The number of methoxy groups -OCH3 is 1. The summed E-state index contributed by atoms with van der Waals surface area (Å²) < 4.78 is 5.35. The lowest BCUT2D eigenvalue weighted by atomic mass is 9.93. The van der Waals surface area contributed by atoms with E-state index in [1.54, 1.807) is 14.2 Å². The number of ether oxygens (including phenoxy) is 1. The van der Waals surface area contributed by atoms with Crippen LogP contribution >= 0.6 is 0 Å². The SMILES string of the molecule is CNc1nc(NC2CCC(OC)CC2)ncc1C(N)=O. The van der Waals surface area contributed by atoms with E-state index in [0.29, 0.717) is 29.5 Å². The molecule has 1 aliphatic rings. The number of nitrogens with zero attached hydrogens (tertiary/aromatic N) is 2. The Bertz CT molecular complexity index is 472. The van der Waals surface area contributed by atoms with Crippen molar-refractivity contribution in [2.45, 2.75) is 37.8 Å². The predicted molar refractivity (Wildman–Crippen MR) is 76.8 cm³/mol. The molecule has 1 aliphatic carbocycles. The number of carbonyl (C=O) groups is 1. The van der Waals surface area contributed by atoms with E-state index in [9.17, 15) is 4.79 Å². The minimum absolute atomic E-state index is 0.293. The van der Waals surface area contributed by atoms with Crippen LogP contribution in [-0.2, 0) is 4.74 Å². The highest BCUT2D eigenvalue weighted by atomic mass is 16.5. The van der Waals surface area contributed by atoms with Crippen molar-refractivity contribution in [3.63, 3.8) is 0 Å². The number of hydrogen-bond acceptors (Lipinski definition) is 6. The molecule has 0 unspecified atom stereocenters. The van der Waals surface area contributed by atoms with Gasteiger partial charge in [0.2, 0.25) is 5.95 Å². The molecule has 1 saturated carbocycles. The maximum atomic E-state index is 11.2. The van der Waals surface area contributed by atoms with Crippen LogP contribution in [0.3, 0.4) is 0 Å². The summed E-state index contributed by atoms with van der Waals surface area (Å²) in [6, 6.07) is 0.338. The van der Waals surface area contributed by atoms with Gasteiger partial charge < -0.3 is 21.1 Å². The van der Waals surface area contributed by atoms with Gasteiger partial charge in [0.05, 0.1) is 11.7 Å². The molecule has 0 saturated heterocycles. The third-order valence-electron chi connectivity index (χ3n) is 3.63. The van der Waals surface area contributed by atoms with Crippen LogP contribution in [0.15, 0.2) is 6.20 Å². The third kappa shape index (κ3) is 3.36. The van der Waals surface area contributed by atoms with E-state index in [-0.39, 0.29) is 0 Å². The topological polar surface area (TPSA) is 102 Å². The summed E-state index contributed by atoms with van der Waals surface area (Å²) in [4.78, 5) is 19.6. The molecule has 0 atom stereocenters. The van der Waals surface area contributed by atoms with Crippen LogP contribution < -0.4 is 16.4 Å². The number of rotatable bonds is 5. The van der Waals surface area contributed by atoms with Crippen molar-refractivity contribution >= 4 is 17.7 Å². The fraction of sp³-hybridized carbons (Fsp3) is 0.615. The van der Waals surface area contributed by atoms with Crippen LogP contribution in [0.2, 0.25) is 0 Å². The van der Waals surface area contributed by atoms with Crippen LogP contribution in [-0.4, -0.2) is 42.2 Å². The summed E-state index contributed by atoms with van der Waals surface area (Å²) in [5, 5.41) is 6.16. The molecule has 7 nitrogen and oxygen atoms in total. The average molecular weight is 279 g/mol. The Labute approximate surface area is 118 Å². The molecule has 0 bridgehead atoms. The molecule has 110 valence electrons. The molecule has 4 N–H and O–H groups in total. The second kappa shape index (κ2) is 6.51. The number of nitrogens with one attached hydrogen (secondary N) is 2. The summed E-state index contributed by atoms with van der Waals surface area (Å²) in [5.74, 6) is 0.419. The second-order valence-electron chi connectivity index (χ2n) is 4.92. The van der Waals surface area contributed by atoms with Gasteiger partial charge in [-0.15, -0.1) is 0 Å². The van der Waals surface area contributed by atoms with Gasteiger partial charge in [-0.3, -0.25) is 4.79 Å². The molecule has 7 heteroatoms. The predicted octanol–water partition coefficient (Wildman–Crippen LogP) is 0.987. The van der Waals surface area contributed by atoms with Crippen LogP contribution in [0, 0.1) is 0 Å². The van der Waals surface area contributed by atoms with Crippen LogP contribution in [0.4, 0.5) is 11.8 Å². The van der Waals surface area contributed by atoms with Crippen LogP contribution in [0.5, 0.6) is 0 Å². The molecule has 0 radical (unpaired) electrons. The van der Waals surface area contributed by atoms with Crippen LogP contribution in [0.25, 0.3) is 0 Å². The number of primary amides is 1. The van der Waals surface area contributed by atoms with E-state index < -0.39 is 5.91 Å². The van der Waals surface area contributed by atoms with Crippen molar-refractivity contribution in [3.8, 4) is 0 Å². The largest absolute Gasteiger partial charge is 0.381 e. The maximum Gasteiger partial charge on any atom is 0.254 e. The average Bonchev–Trinajstić information content (AvgIpc) is 2.47. The van der Waals surface area contributed by atoms with Gasteiger partial charge in [-0.2, -0.15) is 4.98 Å². The summed E-state index contributed by atoms with van der Waals surface area (Å²) in [7, 11) is 3.45. The first kappa shape index (κ1) is 14.5. The van der Waals surface area contributed by atoms with E-state index in [2.05, 4.69) is 20.6 Å². The van der Waals surface area contributed by atoms with Gasteiger partial charge in [-0.05, 0) is 25.7 Å². The lowest BCUT2D eigenvalue weighted by molar-refractivity contribution is 0.0681.